The summed E-state index contributed by atoms with van der Waals surface area (Å²) in [6, 6.07) is 48.4. The fourth-order valence-electron chi connectivity index (χ4n) is 10.4. The van der Waals surface area contributed by atoms with Crippen molar-refractivity contribution in [3.63, 3.8) is 0 Å². The molecular formula is C49H43BN2S. The van der Waals surface area contributed by atoms with Crippen molar-refractivity contribution in [1.29, 1.82) is 0 Å². The molecule has 2 aliphatic heterocycles. The average molecular weight is 703 g/mol. The minimum atomic E-state index is -0.228. The van der Waals surface area contributed by atoms with E-state index in [4.69, 9.17) is 0 Å². The van der Waals surface area contributed by atoms with Crippen LogP contribution in [0.3, 0.4) is 0 Å². The summed E-state index contributed by atoms with van der Waals surface area (Å²) in [6.07, 6.45) is 2.42. The first-order chi connectivity index (χ1) is 25.5. The standard InChI is InChI=1S/C49H43BN2S/c1-47(2)24-25-48(3,4)36-29-39-37(28-35(36)47)49(5,6)38-26-31(51-40-21-13-10-18-32(40)33-19-11-14-22-41(33)51)27-42-44(38)50(39)46-45(34-20-12-15-23-43(34)53-46)52(42)30-16-8-7-9-17-30/h7-23,26-29H,24-25H2,1-6H3. The van der Waals surface area contributed by atoms with E-state index in [0.717, 1.165) is 0 Å². The van der Waals surface area contributed by atoms with Gasteiger partial charge in [0.25, 0.3) is 6.71 Å². The van der Waals surface area contributed by atoms with Crippen LogP contribution in [0.25, 0.3) is 37.6 Å². The Kier molecular flexibility index (Phi) is 6.26. The quantitative estimate of drug-likeness (QED) is 0.163. The van der Waals surface area contributed by atoms with E-state index in [2.05, 4.69) is 178 Å². The van der Waals surface area contributed by atoms with Crippen molar-refractivity contribution in [3.8, 4) is 5.69 Å². The molecule has 4 heteroatoms. The molecule has 0 amide bonds. The molecule has 0 unspecified atom stereocenters. The third kappa shape index (κ3) is 4.16. The van der Waals surface area contributed by atoms with Crippen LogP contribution in [0.4, 0.5) is 17.1 Å². The zero-order chi connectivity index (χ0) is 36.0. The SMILES string of the molecule is CC1(C)CCC(C)(C)c2cc3c(cc21)B1c2sc4ccccc4c2N(c2ccccc2)c2cc(-n4c5ccccc5c5ccccc54)cc(c21)C3(C)C. The molecule has 0 N–H and O–H groups in total. The van der Waals surface area contributed by atoms with Crippen LogP contribution in [0.15, 0.2) is 127 Å². The molecule has 0 spiro atoms. The van der Waals surface area contributed by atoms with E-state index in [-0.39, 0.29) is 23.0 Å². The van der Waals surface area contributed by atoms with Gasteiger partial charge in [-0.05, 0) is 93.9 Å². The lowest BCUT2D eigenvalue weighted by Crippen LogP contribution is -2.63. The van der Waals surface area contributed by atoms with Gasteiger partial charge in [-0.25, -0.2) is 0 Å². The Labute approximate surface area is 316 Å². The Morgan fingerprint density at radius 2 is 1.13 bits per heavy atom. The number of fused-ring (bicyclic) bond motifs is 10. The molecule has 0 radical (unpaired) electrons. The predicted molar refractivity (Wildman–Crippen MR) is 229 cm³/mol. The zero-order valence-corrected chi connectivity index (χ0v) is 32.2. The topological polar surface area (TPSA) is 8.17 Å². The summed E-state index contributed by atoms with van der Waals surface area (Å²) in [5.74, 6) is 0. The zero-order valence-electron chi connectivity index (χ0n) is 31.4. The molecule has 1 aliphatic carbocycles. The Morgan fingerprint density at radius 1 is 0.547 bits per heavy atom. The van der Waals surface area contributed by atoms with Crippen LogP contribution in [0, 0.1) is 0 Å². The summed E-state index contributed by atoms with van der Waals surface area (Å²) >= 11 is 2.00. The number of benzene rings is 6. The van der Waals surface area contributed by atoms with Gasteiger partial charge < -0.3 is 9.47 Å². The smallest absolute Gasteiger partial charge is 0.260 e. The molecule has 3 aliphatic rings. The number of aromatic nitrogens is 1. The highest BCUT2D eigenvalue weighted by atomic mass is 32.1. The third-order valence-electron chi connectivity index (χ3n) is 13.3. The van der Waals surface area contributed by atoms with Gasteiger partial charge >= 0.3 is 0 Å². The first kappa shape index (κ1) is 31.5. The first-order valence-corrected chi connectivity index (χ1v) is 20.1. The lowest BCUT2D eigenvalue weighted by molar-refractivity contribution is 0.331. The molecule has 0 bridgehead atoms. The maximum absolute atomic E-state index is 2.68. The molecular weight excluding hydrogens is 659 g/mol. The van der Waals surface area contributed by atoms with Crippen molar-refractivity contribution in [3.05, 3.63) is 150 Å². The van der Waals surface area contributed by atoms with Crippen LogP contribution >= 0.6 is 11.3 Å². The average Bonchev–Trinajstić information content (AvgIpc) is 3.71. The number of hydrogen-bond donors (Lipinski definition) is 0. The Balaban J connectivity index is 1.31. The van der Waals surface area contributed by atoms with Crippen molar-refractivity contribution < 1.29 is 0 Å². The summed E-state index contributed by atoms with van der Waals surface area (Å²) in [5.41, 5.74) is 16.5. The second-order valence-electron chi connectivity index (χ2n) is 17.6. The Hall–Kier alpha value is -5.06. The van der Waals surface area contributed by atoms with Gasteiger partial charge in [-0.2, -0.15) is 0 Å². The van der Waals surface area contributed by atoms with Gasteiger partial charge in [-0.3, -0.25) is 0 Å². The molecule has 2 nitrogen and oxygen atoms in total. The van der Waals surface area contributed by atoms with Gasteiger partial charge in [0.2, 0.25) is 0 Å². The number of nitrogens with zero attached hydrogens (tertiary/aromatic N) is 2. The van der Waals surface area contributed by atoms with Gasteiger partial charge in [0.15, 0.2) is 0 Å². The minimum Gasteiger partial charge on any atom is -0.310 e. The largest absolute Gasteiger partial charge is 0.310 e. The molecule has 4 heterocycles. The van der Waals surface area contributed by atoms with Crippen LogP contribution in [0.1, 0.15) is 76.6 Å². The first-order valence-electron chi connectivity index (χ1n) is 19.3. The van der Waals surface area contributed by atoms with E-state index in [9.17, 15) is 0 Å². The lowest BCUT2D eigenvalue weighted by Gasteiger charge is -2.48. The molecule has 0 atom stereocenters. The summed E-state index contributed by atoms with van der Waals surface area (Å²) in [4.78, 5) is 2.60. The summed E-state index contributed by atoms with van der Waals surface area (Å²) in [5, 5.41) is 3.91. The predicted octanol–water partition coefficient (Wildman–Crippen LogP) is 11.3. The highest BCUT2D eigenvalue weighted by Crippen LogP contribution is 2.51. The summed E-state index contributed by atoms with van der Waals surface area (Å²) in [6.45, 7) is 15.0. The Bertz CT molecular complexity index is 2780. The van der Waals surface area contributed by atoms with Crippen LogP contribution in [0.2, 0.25) is 0 Å². The number of para-hydroxylation sites is 3. The number of thiophene rings is 1. The second kappa shape index (κ2) is 10.5. The van der Waals surface area contributed by atoms with E-state index in [1.807, 2.05) is 11.3 Å². The number of hydrogen-bond acceptors (Lipinski definition) is 2. The molecule has 53 heavy (non-hydrogen) atoms. The van der Waals surface area contributed by atoms with Crippen LogP contribution in [-0.2, 0) is 16.2 Å². The summed E-state index contributed by atoms with van der Waals surface area (Å²) < 4.78 is 5.32. The number of rotatable bonds is 2. The maximum atomic E-state index is 2.68. The second-order valence-corrected chi connectivity index (χ2v) is 18.7. The van der Waals surface area contributed by atoms with E-state index >= 15 is 0 Å². The van der Waals surface area contributed by atoms with Crippen LogP contribution in [0.5, 0.6) is 0 Å². The highest BCUT2D eigenvalue weighted by Gasteiger charge is 2.50. The van der Waals surface area contributed by atoms with Crippen molar-refractivity contribution in [2.75, 3.05) is 4.90 Å². The molecule has 6 aromatic carbocycles. The van der Waals surface area contributed by atoms with Crippen LogP contribution in [-0.4, -0.2) is 11.3 Å². The van der Waals surface area contributed by atoms with E-state index in [1.165, 1.54) is 94.3 Å². The van der Waals surface area contributed by atoms with Gasteiger partial charge in [-0.1, -0.05) is 132 Å². The molecule has 258 valence electrons. The summed E-state index contributed by atoms with van der Waals surface area (Å²) in [7, 11) is 0. The molecule has 11 rings (SSSR count). The van der Waals surface area contributed by atoms with E-state index in [1.54, 1.807) is 11.1 Å². The van der Waals surface area contributed by atoms with Gasteiger partial charge in [0.1, 0.15) is 0 Å². The highest BCUT2D eigenvalue weighted by molar-refractivity contribution is 7.33. The lowest BCUT2D eigenvalue weighted by atomic mass is 9.32. The normalized spacial score (nSPS) is 17.5. The molecule has 2 aromatic heterocycles. The minimum absolute atomic E-state index is 0.126. The van der Waals surface area contributed by atoms with Crippen molar-refractivity contribution in [2.45, 2.75) is 70.6 Å². The van der Waals surface area contributed by atoms with Crippen molar-refractivity contribution in [2.24, 2.45) is 0 Å². The molecule has 0 saturated heterocycles. The van der Waals surface area contributed by atoms with E-state index in [0.29, 0.717) is 0 Å². The fraction of sp³-hybridized carbons (Fsp3) is 0.224. The van der Waals surface area contributed by atoms with Gasteiger partial charge in [-0.15, -0.1) is 11.3 Å². The third-order valence-corrected chi connectivity index (χ3v) is 14.5. The van der Waals surface area contributed by atoms with Crippen LogP contribution < -0.4 is 20.6 Å². The fourth-order valence-corrected chi connectivity index (χ4v) is 11.7. The maximum Gasteiger partial charge on any atom is 0.260 e. The van der Waals surface area contributed by atoms with E-state index < -0.39 is 0 Å². The molecule has 0 saturated carbocycles. The van der Waals surface area contributed by atoms with Crippen molar-refractivity contribution in [1.82, 2.24) is 4.57 Å². The number of anilines is 3. The monoisotopic (exact) mass is 702 g/mol. The van der Waals surface area contributed by atoms with Gasteiger partial charge in [0.05, 0.1) is 16.7 Å². The van der Waals surface area contributed by atoms with Crippen molar-refractivity contribution >= 4 is 82.7 Å². The molecule has 0 fully saturated rings. The van der Waals surface area contributed by atoms with Gasteiger partial charge in [0, 0.05) is 48.1 Å². The Morgan fingerprint density at radius 3 is 1.81 bits per heavy atom. The molecule has 8 aromatic rings.